The third-order valence-corrected chi connectivity index (χ3v) is 4.15. The van der Waals surface area contributed by atoms with E-state index in [1.54, 1.807) is 43.3 Å². The zero-order valence-electron chi connectivity index (χ0n) is 13.5. The van der Waals surface area contributed by atoms with Crippen molar-refractivity contribution >= 4 is 21.6 Å². The van der Waals surface area contributed by atoms with Crippen molar-refractivity contribution in [2.75, 3.05) is 18.1 Å². The van der Waals surface area contributed by atoms with Crippen molar-refractivity contribution in [1.29, 1.82) is 0 Å². The molecule has 0 heterocycles. The summed E-state index contributed by atoms with van der Waals surface area (Å²) >= 11 is 0. The zero-order chi connectivity index (χ0) is 17.7. The van der Waals surface area contributed by atoms with E-state index in [1.807, 2.05) is 0 Å². The molecule has 2 rings (SSSR count). The first kappa shape index (κ1) is 18.1. The highest BCUT2D eigenvalue weighted by Gasteiger charge is 2.08. The number of carbonyl (C=O) groups excluding carboxylic acids is 1. The SMILES string of the molecule is Cc1ccc(NC(=O)c2ccc(CCNS(C)(=O)=O)cc2)cc1F. The summed E-state index contributed by atoms with van der Waals surface area (Å²) in [6.45, 7) is 1.95. The molecule has 2 aromatic rings. The fourth-order valence-corrected chi connectivity index (χ4v) is 2.55. The molecule has 2 aromatic carbocycles. The predicted octanol–water partition coefficient (Wildman–Crippen LogP) is 2.48. The molecular formula is C17H19FN2O3S. The summed E-state index contributed by atoms with van der Waals surface area (Å²) in [5.74, 6) is -0.708. The number of sulfonamides is 1. The van der Waals surface area contributed by atoms with Gasteiger partial charge in [-0.2, -0.15) is 0 Å². The Kier molecular flexibility index (Phi) is 5.69. The number of hydrogen-bond donors (Lipinski definition) is 2. The van der Waals surface area contributed by atoms with Crippen LogP contribution in [0, 0.1) is 12.7 Å². The van der Waals surface area contributed by atoms with Crippen molar-refractivity contribution in [3.8, 4) is 0 Å². The zero-order valence-corrected chi connectivity index (χ0v) is 14.3. The molecule has 0 spiro atoms. The van der Waals surface area contributed by atoms with Gasteiger partial charge < -0.3 is 5.32 Å². The highest BCUT2D eigenvalue weighted by molar-refractivity contribution is 7.88. The molecule has 0 atom stereocenters. The third kappa shape index (κ3) is 5.43. The van der Waals surface area contributed by atoms with Gasteiger partial charge in [-0.3, -0.25) is 4.79 Å². The van der Waals surface area contributed by atoms with Gasteiger partial charge in [0.05, 0.1) is 6.26 Å². The Hall–Kier alpha value is -2.25. The number of halogens is 1. The van der Waals surface area contributed by atoms with E-state index in [-0.39, 0.29) is 11.7 Å². The quantitative estimate of drug-likeness (QED) is 0.840. The van der Waals surface area contributed by atoms with Crippen LogP contribution in [0.3, 0.4) is 0 Å². The van der Waals surface area contributed by atoms with Crippen molar-refractivity contribution in [2.45, 2.75) is 13.3 Å². The van der Waals surface area contributed by atoms with Crippen LogP contribution in [-0.2, 0) is 16.4 Å². The van der Waals surface area contributed by atoms with Gasteiger partial charge in [0, 0.05) is 17.8 Å². The first-order valence-corrected chi connectivity index (χ1v) is 9.25. The molecule has 0 aliphatic carbocycles. The smallest absolute Gasteiger partial charge is 0.255 e. The van der Waals surface area contributed by atoms with Gasteiger partial charge in [-0.05, 0) is 48.7 Å². The minimum atomic E-state index is -3.20. The number of benzene rings is 2. The van der Waals surface area contributed by atoms with Crippen LogP contribution in [0.4, 0.5) is 10.1 Å². The molecule has 5 nitrogen and oxygen atoms in total. The molecule has 0 aliphatic rings. The number of amides is 1. The average molecular weight is 350 g/mol. The molecule has 2 N–H and O–H groups in total. The van der Waals surface area contributed by atoms with Gasteiger partial charge in [0.2, 0.25) is 10.0 Å². The molecule has 0 radical (unpaired) electrons. The lowest BCUT2D eigenvalue weighted by atomic mass is 10.1. The molecule has 0 unspecified atom stereocenters. The van der Waals surface area contributed by atoms with Gasteiger partial charge in [-0.15, -0.1) is 0 Å². The van der Waals surface area contributed by atoms with E-state index in [0.717, 1.165) is 11.8 Å². The molecule has 0 saturated carbocycles. The summed E-state index contributed by atoms with van der Waals surface area (Å²) in [5.41, 5.74) is 2.25. The Morgan fingerprint density at radius 1 is 1.12 bits per heavy atom. The Morgan fingerprint density at radius 2 is 1.79 bits per heavy atom. The molecule has 1 amide bonds. The first-order valence-electron chi connectivity index (χ1n) is 7.36. The lowest BCUT2D eigenvalue weighted by molar-refractivity contribution is 0.102. The minimum Gasteiger partial charge on any atom is -0.322 e. The van der Waals surface area contributed by atoms with E-state index in [4.69, 9.17) is 0 Å². The van der Waals surface area contributed by atoms with Crippen molar-refractivity contribution in [1.82, 2.24) is 4.72 Å². The van der Waals surface area contributed by atoms with E-state index in [0.29, 0.717) is 29.8 Å². The van der Waals surface area contributed by atoms with Gasteiger partial charge in [0.1, 0.15) is 5.82 Å². The maximum absolute atomic E-state index is 13.5. The van der Waals surface area contributed by atoms with Crippen molar-refractivity contribution in [3.63, 3.8) is 0 Å². The maximum Gasteiger partial charge on any atom is 0.255 e. The number of carbonyl (C=O) groups is 1. The monoisotopic (exact) mass is 350 g/mol. The van der Waals surface area contributed by atoms with Gasteiger partial charge in [0.25, 0.3) is 5.91 Å². The Balaban J connectivity index is 1.96. The number of anilines is 1. The van der Waals surface area contributed by atoms with Crippen LogP contribution >= 0.6 is 0 Å². The van der Waals surface area contributed by atoms with Crippen molar-refractivity contribution in [3.05, 3.63) is 65.0 Å². The number of hydrogen-bond acceptors (Lipinski definition) is 3. The van der Waals surface area contributed by atoms with E-state index >= 15 is 0 Å². The van der Waals surface area contributed by atoms with E-state index in [9.17, 15) is 17.6 Å². The van der Waals surface area contributed by atoms with E-state index in [1.165, 1.54) is 6.07 Å². The van der Waals surface area contributed by atoms with Gasteiger partial charge in [-0.25, -0.2) is 17.5 Å². The standard InChI is InChI=1S/C17H19FN2O3S/c1-12-3-8-15(11-16(12)18)20-17(21)14-6-4-13(5-7-14)9-10-19-24(2,22)23/h3-8,11,19H,9-10H2,1-2H3,(H,20,21). The largest absolute Gasteiger partial charge is 0.322 e. The summed E-state index contributed by atoms with van der Waals surface area (Å²) in [6.07, 6.45) is 1.63. The van der Waals surface area contributed by atoms with Crippen molar-refractivity contribution < 1.29 is 17.6 Å². The maximum atomic E-state index is 13.5. The molecule has 0 saturated heterocycles. The molecule has 0 bridgehead atoms. The summed E-state index contributed by atoms with van der Waals surface area (Å²) in [4.78, 5) is 12.1. The average Bonchev–Trinajstić information content (AvgIpc) is 2.50. The van der Waals surface area contributed by atoms with Gasteiger partial charge in [-0.1, -0.05) is 18.2 Å². The van der Waals surface area contributed by atoms with Gasteiger partial charge in [0.15, 0.2) is 0 Å². The Morgan fingerprint density at radius 3 is 2.38 bits per heavy atom. The Bertz CT molecular complexity index is 833. The van der Waals surface area contributed by atoms with Crippen molar-refractivity contribution in [2.24, 2.45) is 0 Å². The van der Waals surface area contributed by atoms with Crippen LogP contribution in [0.1, 0.15) is 21.5 Å². The molecule has 0 aliphatic heterocycles. The fraction of sp³-hybridized carbons (Fsp3) is 0.235. The molecule has 0 fully saturated rings. The Labute approximate surface area is 141 Å². The second kappa shape index (κ2) is 7.55. The van der Waals surface area contributed by atoms with Gasteiger partial charge >= 0.3 is 0 Å². The number of nitrogens with one attached hydrogen (secondary N) is 2. The predicted molar refractivity (Wildman–Crippen MR) is 92.1 cm³/mol. The first-order chi connectivity index (χ1) is 11.2. The second-order valence-electron chi connectivity index (χ2n) is 5.53. The summed E-state index contributed by atoms with van der Waals surface area (Å²) in [7, 11) is -3.20. The molecular weight excluding hydrogens is 331 g/mol. The summed E-state index contributed by atoms with van der Waals surface area (Å²) in [6, 6.07) is 11.3. The lowest BCUT2D eigenvalue weighted by Gasteiger charge is -2.07. The molecule has 7 heteroatoms. The fourth-order valence-electron chi connectivity index (χ4n) is 2.08. The molecule has 24 heavy (non-hydrogen) atoms. The van der Waals surface area contributed by atoms with Crippen LogP contribution in [0.2, 0.25) is 0 Å². The normalized spacial score (nSPS) is 11.3. The lowest BCUT2D eigenvalue weighted by Crippen LogP contribution is -2.24. The third-order valence-electron chi connectivity index (χ3n) is 3.42. The van der Waals surface area contributed by atoms with Crippen LogP contribution in [0.15, 0.2) is 42.5 Å². The number of rotatable bonds is 6. The van der Waals surface area contributed by atoms with Crippen LogP contribution in [-0.4, -0.2) is 27.1 Å². The molecule has 0 aromatic heterocycles. The van der Waals surface area contributed by atoms with E-state index < -0.39 is 10.0 Å². The van der Waals surface area contributed by atoms with E-state index in [2.05, 4.69) is 10.0 Å². The topological polar surface area (TPSA) is 75.3 Å². The van der Waals surface area contributed by atoms with Crippen LogP contribution in [0.5, 0.6) is 0 Å². The minimum absolute atomic E-state index is 0.299. The summed E-state index contributed by atoms with van der Waals surface area (Å²) < 4.78 is 37.9. The van der Waals surface area contributed by atoms with Crippen LogP contribution in [0.25, 0.3) is 0 Å². The molecule has 128 valence electrons. The highest BCUT2D eigenvalue weighted by atomic mass is 32.2. The summed E-state index contributed by atoms with van der Waals surface area (Å²) in [5, 5.41) is 2.64. The van der Waals surface area contributed by atoms with Crippen LogP contribution < -0.4 is 10.0 Å². The highest BCUT2D eigenvalue weighted by Crippen LogP contribution is 2.15. The second-order valence-corrected chi connectivity index (χ2v) is 7.36. The number of aryl methyl sites for hydroxylation is 1.